The van der Waals surface area contributed by atoms with Gasteiger partial charge in [0.15, 0.2) is 5.84 Å². The lowest BCUT2D eigenvalue weighted by molar-refractivity contribution is -0.133. The Kier molecular flexibility index (Phi) is 5.24. The molecule has 1 aromatic carbocycles. The molecule has 1 atom stereocenters. The van der Waals surface area contributed by atoms with E-state index in [2.05, 4.69) is 31.2 Å². The standard InChI is InChI=1S/C15H10BrCl2N3O2S/c16-4-10-12(15(22)23)13(8-2-1-7(17)3-9(8)18)21-14(20-10)11-5-24-6-19-11/h1-3,5-6,13H,4H2,(H,20,21)(H,22,23). The number of carboxylic acid groups (broad SMARTS) is 1. The average Bonchev–Trinajstić information content (AvgIpc) is 3.08. The molecule has 0 bridgehead atoms. The molecular weight excluding hydrogens is 437 g/mol. The molecule has 0 saturated carbocycles. The van der Waals surface area contributed by atoms with Crippen molar-refractivity contribution >= 4 is 62.3 Å². The topological polar surface area (TPSA) is 74.6 Å². The number of thiazole rings is 1. The minimum atomic E-state index is -1.06. The van der Waals surface area contributed by atoms with Gasteiger partial charge in [0.1, 0.15) is 11.7 Å². The first kappa shape index (κ1) is 17.4. The summed E-state index contributed by atoms with van der Waals surface area (Å²) in [5, 5.41) is 15.7. The van der Waals surface area contributed by atoms with Crippen molar-refractivity contribution in [2.45, 2.75) is 6.04 Å². The van der Waals surface area contributed by atoms with Crippen LogP contribution >= 0.6 is 50.5 Å². The number of nitrogens with one attached hydrogen (secondary N) is 1. The van der Waals surface area contributed by atoms with Gasteiger partial charge in [-0.3, -0.25) is 4.99 Å². The Morgan fingerprint density at radius 2 is 2.21 bits per heavy atom. The summed E-state index contributed by atoms with van der Waals surface area (Å²) in [6.45, 7) is 0. The van der Waals surface area contributed by atoms with Crippen LogP contribution in [0.1, 0.15) is 17.3 Å². The second-order valence-corrected chi connectivity index (χ2v) is 7.00. The van der Waals surface area contributed by atoms with Gasteiger partial charge in [0.25, 0.3) is 0 Å². The van der Waals surface area contributed by atoms with E-state index in [0.29, 0.717) is 38.2 Å². The number of benzene rings is 1. The molecule has 5 nitrogen and oxygen atoms in total. The van der Waals surface area contributed by atoms with Crippen LogP contribution in [0.15, 0.2) is 45.4 Å². The van der Waals surface area contributed by atoms with Crippen LogP contribution in [0, 0.1) is 0 Å². The van der Waals surface area contributed by atoms with Crippen LogP contribution in [0.2, 0.25) is 10.0 Å². The first-order valence-electron chi connectivity index (χ1n) is 6.72. The van der Waals surface area contributed by atoms with Crippen molar-refractivity contribution in [3.8, 4) is 0 Å². The Morgan fingerprint density at radius 1 is 1.42 bits per heavy atom. The van der Waals surface area contributed by atoms with Gasteiger partial charge in [0.05, 0.1) is 11.1 Å². The quantitative estimate of drug-likeness (QED) is 0.687. The van der Waals surface area contributed by atoms with Gasteiger partial charge in [-0.1, -0.05) is 45.2 Å². The van der Waals surface area contributed by atoms with Crippen molar-refractivity contribution in [1.29, 1.82) is 0 Å². The Balaban J connectivity index is 2.17. The second kappa shape index (κ2) is 7.23. The van der Waals surface area contributed by atoms with Crippen molar-refractivity contribution in [3.63, 3.8) is 0 Å². The largest absolute Gasteiger partial charge is 0.478 e. The summed E-state index contributed by atoms with van der Waals surface area (Å²) in [6, 6.07) is 4.18. The third kappa shape index (κ3) is 3.35. The van der Waals surface area contributed by atoms with Crippen LogP contribution in [-0.2, 0) is 4.79 Å². The van der Waals surface area contributed by atoms with Crippen molar-refractivity contribution in [2.24, 2.45) is 4.99 Å². The molecule has 0 radical (unpaired) electrons. The lowest BCUT2D eigenvalue weighted by Crippen LogP contribution is -2.34. The number of hydrogen-bond donors (Lipinski definition) is 2. The predicted molar refractivity (Wildman–Crippen MR) is 99.4 cm³/mol. The third-order valence-electron chi connectivity index (χ3n) is 3.42. The number of carboxylic acids is 1. The van der Waals surface area contributed by atoms with E-state index < -0.39 is 12.0 Å². The molecule has 1 aromatic heterocycles. The van der Waals surface area contributed by atoms with Gasteiger partial charge >= 0.3 is 5.97 Å². The van der Waals surface area contributed by atoms with E-state index in [9.17, 15) is 9.90 Å². The van der Waals surface area contributed by atoms with Gasteiger partial charge in [-0.05, 0) is 12.1 Å². The van der Waals surface area contributed by atoms with E-state index in [4.69, 9.17) is 23.2 Å². The monoisotopic (exact) mass is 445 g/mol. The number of aliphatic carboxylic acids is 1. The number of halogens is 3. The van der Waals surface area contributed by atoms with Crippen molar-refractivity contribution in [2.75, 3.05) is 5.33 Å². The molecule has 2 aromatic rings. The summed E-state index contributed by atoms with van der Waals surface area (Å²) in [4.78, 5) is 20.6. The summed E-state index contributed by atoms with van der Waals surface area (Å²) < 4.78 is 0. The number of alkyl halides is 1. The van der Waals surface area contributed by atoms with E-state index in [1.165, 1.54) is 11.3 Å². The van der Waals surface area contributed by atoms with E-state index in [1.807, 2.05) is 5.38 Å². The Morgan fingerprint density at radius 3 is 2.79 bits per heavy atom. The molecule has 2 N–H and O–H groups in total. The molecule has 1 aliphatic heterocycles. The van der Waals surface area contributed by atoms with Gasteiger partial charge < -0.3 is 10.4 Å². The fourth-order valence-corrected chi connectivity index (χ4v) is 3.85. The van der Waals surface area contributed by atoms with E-state index in [1.54, 1.807) is 23.7 Å². The highest BCUT2D eigenvalue weighted by Crippen LogP contribution is 2.36. The zero-order valence-electron chi connectivity index (χ0n) is 12.0. The molecule has 2 heterocycles. The van der Waals surface area contributed by atoms with Crippen molar-refractivity contribution < 1.29 is 9.90 Å². The van der Waals surface area contributed by atoms with Gasteiger partial charge in [-0.15, -0.1) is 11.3 Å². The maximum Gasteiger partial charge on any atom is 0.335 e. The number of aromatic nitrogens is 1. The van der Waals surface area contributed by atoms with E-state index >= 15 is 0 Å². The minimum Gasteiger partial charge on any atom is -0.478 e. The summed E-state index contributed by atoms with van der Waals surface area (Å²) in [5.74, 6) is -0.555. The molecular formula is C15H10BrCl2N3O2S. The van der Waals surface area contributed by atoms with Crippen molar-refractivity contribution in [1.82, 2.24) is 10.3 Å². The average molecular weight is 447 g/mol. The van der Waals surface area contributed by atoms with Crippen LogP contribution in [-0.4, -0.2) is 27.2 Å². The maximum atomic E-state index is 11.8. The molecule has 24 heavy (non-hydrogen) atoms. The smallest absolute Gasteiger partial charge is 0.335 e. The molecule has 0 aliphatic carbocycles. The first-order valence-corrected chi connectivity index (χ1v) is 9.54. The van der Waals surface area contributed by atoms with Crippen LogP contribution in [0.25, 0.3) is 0 Å². The summed E-state index contributed by atoms with van der Waals surface area (Å²) in [5.41, 5.74) is 3.56. The van der Waals surface area contributed by atoms with E-state index in [0.717, 1.165) is 0 Å². The van der Waals surface area contributed by atoms with Crippen LogP contribution in [0.3, 0.4) is 0 Å². The van der Waals surface area contributed by atoms with Gasteiger partial charge in [0, 0.05) is 32.0 Å². The molecule has 124 valence electrons. The van der Waals surface area contributed by atoms with Gasteiger partial charge in [-0.25, -0.2) is 9.78 Å². The maximum absolute atomic E-state index is 11.8. The fraction of sp³-hybridized carbons (Fsp3) is 0.133. The zero-order valence-corrected chi connectivity index (χ0v) is 15.9. The lowest BCUT2D eigenvalue weighted by Gasteiger charge is -2.26. The molecule has 0 amide bonds. The predicted octanol–water partition coefficient (Wildman–Crippen LogP) is 4.27. The normalized spacial score (nSPS) is 17.5. The Bertz CT molecular complexity index is 852. The molecule has 0 spiro atoms. The molecule has 3 rings (SSSR count). The van der Waals surface area contributed by atoms with Crippen molar-refractivity contribution in [3.05, 3.63) is 61.7 Å². The lowest BCUT2D eigenvalue weighted by atomic mass is 9.96. The SMILES string of the molecule is O=C(O)C1=C(CBr)NC(c2cscn2)=NC1c1ccc(Cl)cc1Cl. The molecule has 1 aliphatic rings. The van der Waals surface area contributed by atoms with Crippen LogP contribution in [0.5, 0.6) is 0 Å². The van der Waals surface area contributed by atoms with Crippen LogP contribution < -0.4 is 5.32 Å². The number of hydrogen-bond acceptors (Lipinski definition) is 5. The van der Waals surface area contributed by atoms with Gasteiger partial charge in [0.2, 0.25) is 0 Å². The van der Waals surface area contributed by atoms with Gasteiger partial charge in [-0.2, -0.15) is 0 Å². The summed E-state index contributed by atoms with van der Waals surface area (Å²) in [6.07, 6.45) is 0. The Labute approximate surface area is 160 Å². The van der Waals surface area contributed by atoms with Crippen LogP contribution in [0.4, 0.5) is 0 Å². The zero-order chi connectivity index (χ0) is 17.3. The minimum absolute atomic E-state index is 0.134. The molecule has 1 unspecified atom stereocenters. The number of allylic oxidation sites excluding steroid dienone is 1. The first-order chi connectivity index (χ1) is 11.5. The third-order valence-corrected chi connectivity index (χ3v) is 5.13. The highest BCUT2D eigenvalue weighted by molar-refractivity contribution is 9.09. The number of amidine groups is 1. The summed E-state index contributed by atoms with van der Waals surface area (Å²) >= 11 is 17.0. The fourth-order valence-electron chi connectivity index (χ4n) is 2.36. The number of carbonyl (C=O) groups is 1. The molecule has 0 saturated heterocycles. The summed E-state index contributed by atoms with van der Waals surface area (Å²) in [7, 11) is 0. The molecule has 0 fully saturated rings. The number of nitrogens with zero attached hydrogens (tertiary/aromatic N) is 2. The number of rotatable bonds is 4. The second-order valence-electron chi connectivity index (χ2n) is 4.88. The highest BCUT2D eigenvalue weighted by atomic mass is 79.9. The molecule has 9 heteroatoms. The number of aliphatic imine (C=N–C) groups is 1. The Hall–Kier alpha value is -1.41. The van der Waals surface area contributed by atoms with E-state index in [-0.39, 0.29) is 5.57 Å². The highest BCUT2D eigenvalue weighted by Gasteiger charge is 2.32.